The molecule has 1 amide bonds. The molecule has 0 N–H and O–H groups in total. The van der Waals surface area contributed by atoms with Crippen LogP contribution in [0.2, 0.25) is 0 Å². The van der Waals surface area contributed by atoms with Crippen LogP contribution in [0.25, 0.3) is 0 Å². The van der Waals surface area contributed by atoms with Crippen molar-refractivity contribution in [1.82, 2.24) is 4.90 Å². The highest BCUT2D eigenvalue weighted by Gasteiger charge is 2.42. The minimum atomic E-state index is -0.574. The minimum Gasteiger partial charge on any atom is -0.383 e. The first-order chi connectivity index (χ1) is 11.5. The van der Waals surface area contributed by atoms with E-state index in [1.165, 1.54) is 11.1 Å². The van der Waals surface area contributed by atoms with Gasteiger partial charge in [-0.3, -0.25) is 4.79 Å². The summed E-state index contributed by atoms with van der Waals surface area (Å²) >= 11 is 0. The summed E-state index contributed by atoms with van der Waals surface area (Å²) in [6, 6.07) is 0.195. The van der Waals surface area contributed by atoms with Gasteiger partial charge in [0.2, 0.25) is 5.91 Å². The summed E-state index contributed by atoms with van der Waals surface area (Å²) in [5.74, 6) is 0.194. The number of hydrogen-bond acceptors (Lipinski definition) is 4. The number of nitrogens with zero attached hydrogens (tertiary/aromatic N) is 1. The molecule has 0 aromatic carbocycles. The molecule has 2 aliphatic rings. The lowest BCUT2D eigenvalue weighted by atomic mass is 9.73. The van der Waals surface area contributed by atoms with Crippen molar-refractivity contribution >= 4 is 5.91 Å². The number of allylic oxidation sites excluding steroid dienone is 2. The van der Waals surface area contributed by atoms with Crippen molar-refractivity contribution in [2.75, 3.05) is 40.8 Å². The third-order valence-electron chi connectivity index (χ3n) is 5.16. The lowest BCUT2D eigenvalue weighted by Gasteiger charge is -2.38. The molecule has 0 aromatic rings. The number of carbonyl (C=O) groups excluding carboxylic acids is 1. The Morgan fingerprint density at radius 3 is 2.88 bits per heavy atom. The van der Waals surface area contributed by atoms with Crippen LogP contribution in [0.4, 0.5) is 0 Å². The molecular formula is C19H31NO4. The van der Waals surface area contributed by atoms with Gasteiger partial charge in [-0.1, -0.05) is 17.7 Å². The molecule has 0 saturated carbocycles. The van der Waals surface area contributed by atoms with Crippen molar-refractivity contribution < 1.29 is 19.0 Å². The fourth-order valence-electron chi connectivity index (χ4n) is 3.90. The maximum atomic E-state index is 13.4. The summed E-state index contributed by atoms with van der Waals surface area (Å²) in [7, 11) is 3.32. The van der Waals surface area contributed by atoms with Crippen LogP contribution in [-0.4, -0.2) is 57.6 Å². The summed E-state index contributed by atoms with van der Waals surface area (Å²) < 4.78 is 15.7. The number of hydrogen-bond donors (Lipinski definition) is 0. The molecule has 136 valence electrons. The van der Waals surface area contributed by atoms with Crippen molar-refractivity contribution in [3.63, 3.8) is 0 Å². The summed E-state index contributed by atoms with van der Waals surface area (Å²) in [6.45, 7) is 6.45. The van der Waals surface area contributed by atoms with E-state index in [0.717, 1.165) is 32.2 Å². The smallest absolute Gasteiger partial charge is 0.236 e. The number of likely N-dealkylation sites (tertiary alicyclic amines) is 1. The minimum absolute atomic E-state index is 0.194. The molecule has 0 unspecified atom stereocenters. The van der Waals surface area contributed by atoms with Crippen LogP contribution >= 0.6 is 0 Å². The van der Waals surface area contributed by atoms with Crippen LogP contribution in [0.1, 0.15) is 39.5 Å². The second-order valence-corrected chi connectivity index (χ2v) is 6.88. The largest absolute Gasteiger partial charge is 0.383 e. The molecule has 2 atom stereocenters. The molecular weight excluding hydrogens is 306 g/mol. The second-order valence-electron chi connectivity index (χ2n) is 6.88. The van der Waals surface area contributed by atoms with E-state index in [-0.39, 0.29) is 18.7 Å². The third kappa shape index (κ3) is 4.08. The first-order valence-corrected chi connectivity index (χ1v) is 8.78. The molecule has 0 radical (unpaired) electrons. The van der Waals surface area contributed by atoms with E-state index in [1.54, 1.807) is 14.2 Å². The van der Waals surface area contributed by atoms with Gasteiger partial charge in [0, 0.05) is 20.8 Å². The average Bonchev–Trinajstić information content (AvgIpc) is 3.01. The molecule has 1 aliphatic carbocycles. The number of ether oxygens (including phenoxy) is 3. The Bertz CT molecular complexity index is 500. The second kappa shape index (κ2) is 8.79. The van der Waals surface area contributed by atoms with E-state index < -0.39 is 5.41 Å². The van der Waals surface area contributed by atoms with Gasteiger partial charge in [-0.25, -0.2) is 0 Å². The van der Waals surface area contributed by atoms with E-state index in [4.69, 9.17) is 14.2 Å². The van der Waals surface area contributed by atoms with Crippen molar-refractivity contribution in [3.8, 4) is 0 Å². The fourth-order valence-corrected chi connectivity index (χ4v) is 3.90. The third-order valence-corrected chi connectivity index (χ3v) is 5.16. The Labute approximate surface area is 145 Å². The van der Waals surface area contributed by atoms with Crippen LogP contribution in [0.5, 0.6) is 0 Å². The van der Waals surface area contributed by atoms with Gasteiger partial charge >= 0.3 is 0 Å². The lowest BCUT2D eigenvalue weighted by Crippen LogP contribution is -2.47. The normalized spacial score (nSPS) is 27.2. The molecule has 24 heavy (non-hydrogen) atoms. The standard InChI is InChI=1S/C19H31NO4/c1-15-7-5-10-19(2,17(15)9-12-24-14-23-4)18(21)20-11-6-8-16(20)13-22-3/h5,10,16H,6-9,11-14H2,1-4H3/t16-,19-/m0/s1. The van der Waals surface area contributed by atoms with Crippen LogP contribution in [0, 0.1) is 5.41 Å². The van der Waals surface area contributed by atoms with E-state index in [0.29, 0.717) is 13.2 Å². The molecule has 2 rings (SSSR count). The fraction of sp³-hybridized carbons (Fsp3) is 0.737. The molecule has 1 fully saturated rings. The van der Waals surface area contributed by atoms with Crippen molar-refractivity contribution in [3.05, 3.63) is 23.3 Å². The Kier molecular flexibility index (Phi) is 7.02. The number of amides is 1. The van der Waals surface area contributed by atoms with Gasteiger partial charge in [-0.15, -0.1) is 0 Å². The van der Waals surface area contributed by atoms with Crippen molar-refractivity contribution in [2.24, 2.45) is 5.41 Å². The number of rotatable bonds is 8. The Balaban J connectivity index is 2.15. The summed E-state index contributed by atoms with van der Waals surface area (Å²) in [4.78, 5) is 15.4. The zero-order chi connectivity index (χ0) is 17.6. The molecule has 5 heteroatoms. The molecule has 0 bridgehead atoms. The molecule has 0 aromatic heterocycles. The molecule has 1 aliphatic heterocycles. The van der Waals surface area contributed by atoms with Gasteiger partial charge < -0.3 is 19.1 Å². The van der Waals surface area contributed by atoms with E-state index in [9.17, 15) is 4.79 Å². The molecule has 1 saturated heterocycles. The zero-order valence-corrected chi connectivity index (χ0v) is 15.5. The quantitative estimate of drug-likeness (QED) is 0.388. The number of carbonyl (C=O) groups is 1. The zero-order valence-electron chi connectivity index (χ0n) is 15.5. The van der Waals surface area contributed by atoms with Crippen LogP contribution < -0.4 is 0 Å². The maximum absolute atomic E-state index is 13.4. The Hall–Kier alpha value is -1.17. The highest BCUT2D eigenvalue weighted by Crippen LogP contribution is 2.41. The van der Waals surface area contributed by atoms with Gasteiger partial charge in [0.15, 0.2) is 0 Å². The average molecular weight is 337 g/mol. The highest BCUT2D eigenvalue weighted by atomic mass is 16.7. The Morgan fingerprint density at radius 2 is 2.17 bits per heavy atom. The predicted molar refractivity (Wildman–Crippen MR) is 93.6 cm³/mol. The predicted octanol–water partition coefficient (Wildman–Crippen LogP) is 2.92. The van der Waals surface area contributed by atoms with E-state index in [1.807, 2.05) is 11.8 Å². The molecule has 5 nitrogen and oxygen atoms in total. The molecule has 1 heterocycles. The first kappa shape index (κ1) is 19.2. The first-order valence-electron chi connectivity index (χ1n) is 8.78. The topological polar surface area (TPSA) is 48.0 Å². The van der Waals surface area contributed by atoms with Crippen LogP contribution in [0.15, 0.2) is 23.3 Å². The van der Waals surface area contributed by atoms with Crippen LogP contribution in [-0.2, 0) is 19.0 Å². The molecule has 0 spiro atoms. The maximum Gasteiger partial charge on any atom is 0.236 e. The van der Waals surface area contributed by atoms with E-state index in [2.05, 4.69) is 19.1 Å². The number of methoxy groups -OCH3 is 2. The summed E-state index contributed by atoms with van der Waals surface area (Å²) in [5, 5.41) is 0. The van der Waals surface area contributed by atoms with Gasteiger partial charge in [-0.2, -0.15) is 0 Å². The van der Waals surface area contributed by atoms with Crippen molar-refractivity contribution in [1.29, 1.82) is 0 Å². The van der Waals surface area contributed by atoms with Crippen LogP contribution in [0.3, 0.4) is 0 Å². The lowest BCUT2D eigenvalue weighted by molar-refractivity contribution is -0.139. The van der Waals surface area contributed by atoms with Crippen molar-refractivity contribution in [2.45, 2.75) is 45.6 Å². The monoisotopic (exact) mass is 337 g/mol. The van der Waals surface area contributed by atoms with Gasteiger partial charge in [0.1, 0.15) is 6.79 Å². The van der Waals surface area contributed by atoms with Gasteiger partial charge in [-0.05, 0) is 45.1 Å². The van der Waals surface area contributed by atoms with Gasteiger partial charge in [0.05, 0.1) is 24.7 Å². The SMILES string of the molecule is COCOCCC1=C(C)CC=C[C@]1(C)C(=O)N1CCC[C@H]1COC. The highest BCUT2D eigenvalue weighted by molar-refractivity contribution is 5.88. The summed E-state index contributed by atoms with van der Waals surface area (Å²) in [5.41, 5.74) is 1.89. The summed E-state index contributed by atoms with van der Waals surface area (Å²) in [6.07, 6.45) is 7.93. The Morgan fingerprint density at radius 1 is 1.38 bits per heavy atom. The van der Waals surface area contributed by atoms with Gasteiger partial charge in [0.25, 0.3) is 0 Å². The van der Waals surface area contributed by atoms with E-state index >= 15 is 0 Å².